The number of hydrogen-bond acceptors (Lipinski definition) is 2. The topological polar surface area (TPSA) is 43.1 Å². The maximum absolute atomic E-state index is 13.3. The summed E-state index contributed by atoms with van der Waals surface area (Å²) in [6.45, 7) is 0. The number of nitro benzene ring substituents is 1. The summed E-state index contributed by atoms with van der Waals surface area (Å²) < 4.78 is 26.4. The van der Waals surface area contributed by atoms with Gasteiger partial charge in [-0.1, -0.05) is 12.2 Å². The second kappa shape index (κ2) is 5.55. The van der Waals surface area contributed by atoms with Crippen LogP contribution in [0, 0.1) is 21.7 Å². The lowest BCUT2D eigenvalue weighted by Gasteiger charge is -1.98. The van der Waals surface area contributed by atoms with Crippen LogP contribution in [0.5, 0.6) is 0 Å². The van der Waals surface area contributed by atoms with Gasteiger partial charge in [-0.15, -0.1) is 11.6 Å². The zero-order valence-electron chi connectivity index (χ0n) is 8.12. The van der Waals surface area contributed by atoms with Crippen molar-refractivity contribution >= 4 is 23.4 Å². The fourth-order valence-electron chi connectivity index (χ4n) is 1.09. The van der Waals surface area contributed by atoms with Gasteiger partial charge >= 0.3 is 5.69 Å². The highest BCUT2D eigenvalue weighted by atomic mass is 35.5. The molecule has 1 rings (SSSR count). The number of benzene rings is 1. The first-order valence-corrected chi connectivity index (χ1v) is 4.95. The summed E-state index contributed by atoms with van der Waals surface area (Å²) in [5.41, 5.74) is -0.903. The molecule has 0 amide bonds. The lowest BCUT2D eigenvalue weighted by molar-refractivity contribution is -0.387. The first kappa shape index (κ1) is 12.6. The molecule has 86 valence electrons. The first-order valence-electron chi connectivity index (χ1n) is 4.42. The molecule has 0 N–H and O–H groups in total. The van der Waals surface area contributed by atoms with Gasteiger partial charge in [-0.3, -0.25) is 10.1 Å². The zero-order valence-corrected chi connectivity index (χ0v) is 8.88. The Hall–Kier alpha value is -1.49. The van der Waals surface area contributed by atoms with Gasteiger partial charge in [-0.2, -0.15) is 4.39 Å². The van der Waals surface area contributed by atoms with Crippen LogP contribution in [-0.4, -0.2) is 10.8 Å². The van der Waals surface area contributed by atoms with E-state index in [1.807, 2.05) is 0 Å². The third-order valence-corrected chi connectivity index (χ3v) is 2.05. The minimum Gasteiger partial charge on any atom is -0.258 e. The molecule has 0 radical (unpaired) electrons. The monoisotopic (exact) mass is 247 g/mol. The van der Waals surface area contributed by atoms with E-state index in [-0.39, 0.29) is 5.56 Å². The zero-order chi connectivity index (χ0) is 12.1. The molecule has 0 heterocycles. The highest BCUT2D eigenvalue weighted by molar-refractivity contribution is 6.17. The van der Waals surface area contributed by atoms with Crippen LogP contribution in [0.15, 0.2) is 18.2 Å². The van der Waals surface area contributed by atoms with Gasteiger partial charge in [0.05, 0.1) is 11.0 Å². The minimum absolute atomic E-state index is 0.0341. The molecule has 0 spiro atoms. The van der Waals surface area contributed by atoms with Crippen molar-refractivity contribution in [1.82, 2.24) is 0 Å². The molecule has 16 heavy (non-hydrogen) atoms. The van der Waals surface area contributed by atoms with E-state index in [0.29, 0.717) is 18.4 Å². The molecule has 0 fully saturated rings. The highest BCUT2D eigenvalue weighted by Crippen LogP contribution is 2.22. The van der Waals surface area contributed by atoms with Crippen LogP contribution in [0.1, 0.15) is 12.0 Å². The lowest BCUT2D eigenvalue weighted by atomic mass is 10.1. The molecule has 0 aliphatic heterocycles. The molecule has 0 bridgehead atoms. The lowest BCUT2D eigenvalue weighted by Crippen LogP contribution is -1.95. The molecule has 0 aliphatic carbocycles. The summed E-state index contributed by atoms with van der Waals surface area (Å²) in [5, 5.41) is 10.3. The van der Waals surface area contributed by atoms with Crippen molar-refractivity contribution in [3.8, 4) is 0 Å². The van der Waals surface area contributed by atoms with Crippen molar-refractivity contribution in [2.75, 3.05) is 5.88 Å². The van der Waals surface area contributed by atoms with Crippen LogP contribution in [0.3, 0.4) is 0 Å². The Morgan fingerprint density at radius 1 is 1.38 bits per heavy atom. The van der Waals surface area contributed by atoms with Crippen LogP contribution in [0.2, 0.25) is 0 Å². The first-order chi connectivity index (χ1) is 7.56. The Kier molecular flexibility index (Phi) is 4.37. The number of alkyl halides is 1. The second-order valence-corrected chi connectivity index (χ2v) is 3.34. The summed E-state index contributed by atoms with van der Waals surface area (Å²) in [5.74, 6) is -1.52. The van der Waals surface area contributed by atoms with Gasteiger partial charge < -0.3 is 0 Å². The Bertz CT molecular complexity index is 435. The summed E-state index contributed by atoms with van der Waals surface area (Å²) in [6, 6.07) is 1.36. The molecule has 0 saturated heterocycles. The summed E-state index contributed by atoms with van der Waals surface area (Å²) >= 11 is 5.40. The van der Waals surface area contributed by atoms with E-state index in [0.717, 1.165) is 6.07 Å². The molecule has 0 saturated carbocycles. The van der Waals surface area contributed by atoms with Crippen LogP contribution < -0.4 is 0 Å². The van der Waals surface area contributed by atoms with Gasteiger partial charge in [0, 0.05) is 11.4 Å². The molecule has 3 nitrogen and oxygen atoms in total. The third kappa shape index (κ3) is 3.00. The Balaban J connectivity index is 3.05. The van der Waals surface area contributed by atoms with Crippen molar-refractivity contribution in [2.24, 2.45) is 0 Å². The van der Waals surface area contributed by atoms with Gasteiger partial charge in [-0.25, -0.2) is 4.39 Å². The van der Waals surface area contributed by atoms with E-state index in [9.17, 15) is 18.9 Å². The molecular formula is C10H8ClF2NO2. The van der Waals surface area contributed by atoms with Crippen molar-refractivity contribution in [3.63, 3.8) is 0 Å². The van der Waals surface area contributed by atoms with Crippen LogP contribution >= 0.6 is 11.6 Å². The van der Waals surface area contributed by atoms with Gasteiger partial charge in [0.25, 0.3) is 0 Å². The van der Waals surface area contributed by atoms with Gasteiger partial charge in [0.2, 0.25) is 5.82 Å². The van der Waals surface area contributed by atoms with E-state index < -0.39 is 22.2 Å². The van der Waals surface area contributed by atoms with Crippen LogP contribution in [0.25, 0.3) is 6.08 Å². The van der Waals surface area contributed by atoms with E-state index in [4.69, 9.17) is 11.6 Å². The Labute approximate surface area is 95.5 Å². The number of rotatable bonds is 4. The maximum atomic E-state index is 13.3. The van der Waals surface area contributed by atoms with Gasteiger partial charge in [0.15, 0.2) is 0 Å². The smallest absolute Gasteiger partial charge is 0.258 e. The average molecular weight is 248 g/mol. The van der Waals surface area contributed by atoms with Crippen molar-refractivity contribution in [2.45, 2.75) is 6.42 Å². The molecule has 0 atom stereocenters. The van der Waals surface area contributed by atoms with E-state index >= 15 is 0 Å². The minimum atomic E-state index is -1.06. The average Bonchev–Trinajstić information content (AvgIpc) is 2.22. The van der Waals surface area contributed by atoms with Crippen LogP contribution in [0.4, 0.5) is 14.5 Å². The third-order valence-electron chi connectivity index (χ3n) is 1.84. The molecule has 1 aromatic rings. The summed E-state index contributed by atoms with van der Waals surface area (Å²) in [6.07, 6.45) is 3.42. The second-order valence-electron chi connectivity index (χ2n) is 2.96. The number of hydrogen-bond donors (Lipinski definition) is 0. The summed E-state index contributed by atoms with van der Waals surface area (Å²) in [7, 11) is 0. The van der Waals surface area contributed by atoms with Crippen LogP contribution in [-0.2, 0) is 0 Å². The fourth-order valence-corrected chi connectivity index (χ4v) is 1.22. The van der Waals surface area contributed by atoms with E-state index in [1.165, 1.54) is 6.08 Å². The predicted molar refractivity (Wildman–Crippen MR) is 57.4 cm³/mol. The maximum Gasteiger partial charge on any atom is 0.307 e. The molecular weight excluding hydrogens is 240 g/mol. The fraction of sp³-hybridized carbons (Fsp3) is 0.200. The number of halogens is 3. The number of nitrogens with zero attached hydrogens (tertiary/aromatic N) is 1. The molecule has 1 aromatic carbocycles. The highest BCUT2D eigenvalue weighted by Gasteiger charge is 2.17. The largest absolute Gasteiger partial charge is 0.307 e. The van der Waals surface area contributed by atoms with Crippen molar-refractivity contribution in [3.05, 3.63) is 45.5 Å². The van der Waals surface area contributed by atoms with Crippen molar-refractivity contribution < 1.29 is 13.7 Å². The number of nitro groups is 1. The molecule has 0 unspecified atom stereocenters. The Morgan fingerprint density at radius 3 is 2.62 bits per heavy atom. The van der Waals surface area contributed by atoms with E-state index in [1.54, 1.807) is 6.08 Å². The SMILES string of the molecule is O=[N+]([O-])c1cc(F)c(C=CCCCl)cc1F. The standard InChI is InChI=1S/C10H8ClF2NO2/c11-4-2-1-3-7-5-9(13)10(14(15)16)6-8(7)12/h1,3,5-6H,2,4H2. The van der Waals surface area contributed by atoms with E-state index in [2.05, 4.69) is 0 Å². The van der Waals surface area contributed by atoms with Crippen molar-refractivity contribution in [1.29, 1.82) is 0 Å². The van der Waals surface area contributed by atoms with Gasteiger partial charge in [0.1, 0.15) is 5.82 Å². The number of allylic oxidation sites excluding steroid dienone is 1. The Morgan fingerprint density at radius 2 is 2.06 bits per heavy atom. The quantitative estimate of drug-likeness (QED) is 0.464. The molecule has 6 heteroatoms. The predicted octanol–water partition coefficient (Wildman–Crippen LogP) is 3.52. The normalized spacial score (nSPS) is 10.9. The summed E-state index contributed by atoms with van der Waals surface area (Å²) in [4.78, 5) is 9.34. The van der Waals surface area contributed by atoms with Gasteiger partial charge in [-0.05, 0) is 12.5 Å². The molecule has 0 aromatic heterocycles. The molecule has 0 aliphatic rings.